The average Bonchev–Trinajstić information content (AvgIpc) is 3.54. The zero-order valence-corrected chi connectivity index (χ0v) is 25.9. The molecule has 0 spiro atoms. The quantitative estimate of drug-likeness (QED) is 0.0692. The smallest absolute Gasteiger partial charge is 0.305 e. The molecule has 6 heteroatoms. The maximum atomic E-state index is 11.3. The van der Waals surface area contributed by atoms with E-state index < -0.39 is 8.32 Å². The van der Waals surface area contributed by atoms with E-state index in [0.29, 0.717) is 24.0 Å². The number of hydrogen-bond acceptors (Lipinski definition) is 4. The topological polar surface area (TPSA) is 38.8 Å². The normalized spacial score (nSPS) is 25.8. The number of hydrogen-bond donors (Lipinski definition) is 0. The third-order valence-corrected chi connectivity index (χ3v) is 14.7. The monoisotopic (exact) mass is 539 g/mol. The van der Waals surface area contributed by atoms with Crippen molar-refractivity contribution in [1.29, 1.82) is 0 Å². The number of methoxy groups -OCH3 is 1. The van der Waals surface area contributed by atoms with Crippen LogP contribution >= 0.6 is 11.6 Å². The molecule has 1 unspecified atom stereocenters. The lowest BCUT2D eigenvalue weighted by atomic mass is 9.61. The van der Waals surface area contributed by atoms with Gasteiger partial charge >= 0.3 is 5.97 Å². The van der Waals surface area contributed by atoms with Crippen LogP contribution in [-0.4, -0.2) is 56.9 Å². The molecule has 3 rings (SSSR count). The summed E-state index contributed by atoms with van der Waals surface area (Å²) in [7, 11) is -0.355. The summed E-state index contributed by atoms with van der Waals surface area (Å²) in [4.78, 5) is 13.9. The first-order valence-electron chi connectivity index (χ1n) is 14.8. The van der Waals surface area contributed by atoms with E-state index in [1.54, 1.807) is 0 Å². The summed E-state index contributed by atoms with van der Waals surface area (Å²) >= 11 is 6.76. The number of halogens is 1. The van der Waals surface area contributed by atoms with Crippen LogP contribution in [0.2, 0.25) is 18.1 Å². The second-order valence-electron chi connectivity index (χ2n) is 13.5. The van der Waals surface area contributed by atoms with Gasteiger partial charge in [-0.2, -0.15) is 0 Å². The summed E-state index contributed by atoms with van der Waals surface area (Å²) in [5, 5.41) is 0.488. The number of unbranched alkanes of at least 4 members (excludes halogenated alkanes) is 1. The molecule has 4 nitrogen and oxygen atoms in total. The van der Waals surface area contributed by atoms with Gasteiger partial charge < -0.3 is 9.16 Å². The molecule has 0 aromatic carbocycles. The van der Waals surface area contributed by atoms with Crippen molar-refractivity contribution in [3.8, 4) is 0 Å². The number of likely N-dealkylation sites (tertiary alicyclic amines) is 1. The predicted octanol–water partition coefficient (Wildman–Crippen LogP) is 8.10. The lowest BCUT2D eigenvalue weighted by molar-refractivity contribution is -0.140. The van der Waals surface area contributed by atoms with Gasteiger partial charge in [0, 0.05) is 12.5 Å². The third kappa shape index (κ3) is 8.32. The van der Waals surface area contributed by atoms with Crippen molar-refractivity contribution in [2.24, 2.45) is 11.3 Å². The van der Waals surface area contributed by atoms with Crippen LogP contribution < -0.4 is 0 Å². The molecule has 3 fully saturated rings. The molecule has 2 saturated carbocycles. The Morgan fingerprint density at radius 3 is 2.47 bits per heavy atom. The van der Waals surface area contributed by atoms with E-state index >= 15 is 0 Å². The molecule has 1 heterocycles. The van der Waals surface area contributed by atoms with Crippen molar-refractivity contribution < 1.29 is 14.0 Å². The Labute approximate surface area is 228 Å². The summed E-state index contributed by atoms with van der Waals surface area (Å²) in [5.74, 6) is 0.845. The lowest BCUT2D eigenvalue weighted by Crippen LogP contribution is -2.52. The first-order chi connectivity index (χ1) is 17.0. The number of esters is 1. The van der Waals surface area contributed by atoms with E-state index in [0.717, 1.165) is 44.7 Å². The van der Waals surface area contributed by atoms with Gasteiger partial charge in [-0.15, -0.1) is 11.6 Å². The van der Waals surface area contributed by atoms with Crippen molar-refractivity contribution in [1.82, 2.24) is 4.90 Å². The highest BCUT2D eigenvalue weighted by Crippen LogP contribution is 2.56. The summed E-state index contributed by atoms with van der Waals surface area (Å²) in [6, 6.07) is 0.424. The Morgan fingerprint density at radius 1 is 1.17 bits per heavy atom. The zero-order valence-electron chi connectivity index (χ0n) is 24.1. The maximum absolute atomic E-state index is 11.3. The van der Waals surface area contributed by atoms with Crippen molar-refractivity contribution in [3.05, 3.63) is 12.2 Å². The third-order valence-electron chi connectivity index (χ3n) is 9.68. The van der Waals surface area contributed by atoms with E-state index in [4.69, 9.17) is 20.8 Å². The lowest BCUT2D eigenvalue weighted by Gasteiger charge is -2.52. The SMILES string of the molecule is COC(=O)CCC/C=C\C[C@@H]1[C@H](Cl)CCN1CCCC(O[Si](C)(C)C(C)(C)C)C1(CC2CC2)CCC1. The van der Waals surface area contributed by atoms with Crippen LogP contribution in [0, 0.1) is 11.3 Å². The van der Waals surface area contributed by atoms with E-state index in [1.165, 1.54) is 58.5 Å². The van der Waals surface area contributed by atoms with Crippen molar-refractivity contribution in [3.63, 3.8) is 0 Å². The molecule has 0 bridgehead atoms. The number of ether oxygens (including phenoxy) is 1. The van der Waals surface area contributed by atoms with Crippen LogP contribution in [0.4, 0.5) is 0 Å². The van der Waals surface area contributed by atoms with Crippen molar-refractivity contribution in [2.75, 3.05) is 20.2 Å². The van der Waals surface area contributed by atoms with Gasteiger partial charge in [0.1, 0.15) is 0 Å². The molecule has 208 valence electrons. The molecule has 3 atom stereocenters. The minimum atomic E-state index is -1.81. The van der Waals surface area contributed by atoms with Crippen LogP contribution in [0.5, 0.6) is 0 Å². The number of rotatable bonds is 15. The molecule has 0 aromatic heterocycles. The van der Waals surface area contributed by atoms with Gasteiger partial charge in [-0.25, -0.2) is 0 Å². The fourth-order valence-corrected chi connectivity index (χ4v) is 7.75. The molecule has 0 amide bonds. The van der Waals surface area contributed by atoms with Crippen LogP contribution in [0.1, 0.15) is 104 Å². The Hall–Kier alpha value is -0.363. The summed E-state index contributed by atoms with van der Waals surface area (Å²) < 4.78 is 12.0. The highest BCUT2D eigenvalue weighted by molar-refractivity contribution is 6.74. The minimum Gasteiger partial charge on any atom is -0.469 e. The van der Waals surface area contributed by atoms with Gasteiger partial charge in [-0.05, 0) is 100 Å². The van der Waals surface area contributed by atoms with Crippen LogP contribution in [0.3, 0.4) is 0 Å². The zero-order chi connectivity index (χ0) is 26.4. The first-order valence-corrected chi connectivity index (χ1v) is 18.1. The Morgan fingerprint density at radius 2 is 1.89 bits per heavy atom. The molecule has 0 radical (unpaired) electrons. The fraction of sp³-hybridized carbons (Fsp3) is 0.900. The summed E-state index contributed by atoms with van der Waals surface area (Å²) in [6.45, 7) is 14.2. The van der Waals surface area contributed by atoms with Crippen LogP contribution in [-0.2, 0) is 14.0 Å². The van der Waals surface area contributed by atoms with Gasteiger partial charge in [-0.1, -0.05) is 52.2 Å². The molecular weight excluding hydrogens is 486 g/mol. The van der Waals surface area contributed by atoms with Gasteiger partial charge in [0.15, 0.2) is 8.32 Å². The van der Waals surface area contributed by atoms with Gasteiger partial charge in [0.25, 0.3) is 0 Å². The second-order valence-corrected chi connectivity index (χ2v) is 18.8. The highest BCUT2D eigenvalue weighted by Gasteiger charge is 2.50. The van der Waals surface area contributed by atoms with E-state index in [9.17, 15) is 4.79 Å². The fourth-order valence-electron chi connectivity index (χ4n) is 5.96. The number of carbonyl (C=O) groups excluding carboxylic acids is 1. The predicted molar refractivity (Wildman–Crippen MR) is 154 cm³/mol. The molecule has 3 aliphatic rings. The molecule has 0 aromatic rings. The Kier molecular flexibility index (Phi) is 11.0. The van der Waals surface area contributed by atoms with Gasteiger partial charge in [0.2, 0.25) is 0 Å². The van der Waals surface area contributed by atoms with E-state index in [-0.39, 0.29) is 16.4 Å². The highest BCUT2D eigenvalue weighted by atomic mass is 35.5. The second kappa shape index (κ2) is 13.1. The molecule has 1 aliphatic heterocycles. The number of alkyl halides is 1. The van der Waals surface area contributed by atoms with Gasteiger partial charge in [-0.3, -0.25) is 9.69 Å². The van der Waals surface area contributed by atoms with Crippen LogP contribution in [0.25, 0.3) is 0 Å². The molecular formula is C30H54ClNO3Si. The standard InChI is InChI=1S/C30H54ClNO3Si/c1-29(2,3)36(5,6)35-27(30(19-12-20-30)23-24-16-17-24)14-11-21-32-22-18-25(31)26(32)13-9-7-8-10-15-28(33)34-4/h7,9,24-27H,8,10-23H2,1-6H3/b9-7-/t25-,26-,27?/m1/s1. The number of nitrogens with zero attached hydrogens (tertiary/aromatic N) is 1. The Balaban J connectivity index is 1.53. The van der Waals surface area contributed by atoms with Crippen molar-refractivity contribution >= 4 is 25.9 Å². The average molecular weight is 540 g/mol. The number of carbonyl (C=O) groups is 1. The largest absolute Gasteiger partial charge is 0.469 e. The first kappa shape index (κ1) is 30.2. The van der Waals surface area contributed by atoms with E-state index in [1.807, 2.05) is 0 Å². The van der Waals surface area contributed by atoms with Gasteiger partial charge in [0.05, 0.1) is 18.6 Å². The molecule has 1 saturated heterocycles. The Bertz CT molecular complexity index is 726. The molecule has 0 N–H and O–H groups in total. The van der Waals surface area contributed by atoms with E-state index in [2.05, 4.69) is 50.9 Å². The molecule has 36 heavy (non-hydrogen) atoms. The maximum Gasteiger partial charge on any atom is 0.305 e. The van der Waals surface area contributed by atoms with Crippen molar-refractivity contribution in [2.45, 2.75) is 140 Å². The summed E-state index contributed by atoms with van der Waals surface area (Å²) in [5.41, 5.74) is 0.447. The summed E-state index contributed by atoms with van der Waals surface area (Å²) in [6.07, 6.45) is 20.1. The minimum absolute atomic E-state index is 0.122. The number of allylic oxidation sites excluding steroid dienone is 1. The van der Waals surface area contributed by atoms with Crippen LogP contribution in [0.15, 0.2) is 12.2 Å². The molecule has 2 aliphatic carbocycles.